The smallest absolute Gasteiger partial charge is 0.417 e. The van der Waals surface area contributed by atoms with Gasteiger partial charge in [-0.15, -0.1) is 0 Å². The van der Waals surface area contributed by atoms with Crippen molar-refractivity contribution in [2.24, 2.45) is 0 Å². The van der Waals surface area contributed by atoms with Crippen LogP contribution in [0.3, 0.4) is 0 Å². The molecule has 0 bridgehead atoms. The monoisotopic (exact) mass is 380 g/mol. The Labute approximate surface area is 112 Å². The van der Waals surface area contributed by atoms with Crippen LogP contribution in [0.25, 0.3) is 0 Å². The van der Waals surface area contributed by atoms with Crippen molar-refractivity contribution >= 4 is 28.4 Å². The number of ether oxygens (including phenoxy) is 1. The van der Waals surface area contributed by atoms with Gasteiger partial charge in [0.15, 0.2) is 5.78 Å². The molecule has 0 atom stereocenters. The molecule has 0 aliphatic heterocycles. The lowest BCUT2D eigenvalue weighted by molar-refractivity contribution is -0.138. The molecule has 0 unspecified atom stereocenters. The van der Waals surface area contributed by atoms with E-state index in [1.807, 2.05) is 0 Å². The van der Waals surface area contributed by atoms with E-state index in [0.717, 1.165) is 13.0 Å². The van der Waals surface area contributed by atoms with Crippen LogP contribution in [0.1, 0.15) is 22.8 Å². The number of alkyl halides is 5. The molecule has 0 aliphatic rings. The van der Waals surface area contributed by atoms with Gasteiger partial charge in [0.25, 0.3) is 0 Å². The Bertz CT molecular complexity index is 470. The molecule has 0 aliphatic carbocycles. The van der Waals surface area contributed by atoms with Crippen molar-refractivity contribution in [1.82, 2.24) is 0 Å². The van der Waals surface area contributed by atoms with E-state index in [2.05, 4.69) is 4.74 Å². The van der Waals surface area contributed by atoms with Gasteiger partial charge < -0.3 is 4.74 Å². The molecule has 0 heterocycles. The molecule has 0 N–H and O–H groups in total. The number of Topliss-reactive ketones (excluding diaryl/α,β-unsaturated/α-hetero) is 1. The minimum Gasteiger partial charge on any atom is -0.434 e. The summed E-state index contributed by atoms with van der Waals surface area (Å²) in [6.07, 6.45) is -4.82. The van der Waals surface area contributed by atoms with E-state index in [1.165, 1.54) is 22.6 Å². The van der Waals surface area contributed by atoms with Crippen molar-refractivity contribution in [3.63, 3.8) is 0 Å². The molecule has 1 aromatic carbocycles. The van der Waals surface area contributed by atoms with Crippen LogP contribution in [0, 0.1) is 3.57 Å². The number of rotatable bonds is 3. The molecule has 100 valence electrons. The van der Waals surface area contributed by atoms with Gasteiger partial charge >= 0.3 is 12.8 Å². The summed E-state index contributed by atoms with van der Waals surface area (Å²) < 4.78 is 66.3. The largest absolute Gasteiger partial charge is 0.434 e. The Morgan fingerprint density at radius 2 is 1.89 bits per heavy atom. The first kappa shape index (κ1) is 15.1. The highest BCUT2D eigenvalue weighted by molar-refractivity contribution is 14.1. The third-order valence-corrected chi connectivity index (χ3v) is 2.56. The summed E-state index contributed by atoms with van der Waals surface area (Å²) in [4.78, 5) is 11.2. The van der Waals surface area contributed by atoms with Crippen molar-refractivity contribution in [1.29, 1.82) is 0 Å². The molecule has 0 saturated heterocycles. The van der Waals surface area contributed by atoms with Crippen LogP contribution >= 0.6 is 22.6 Å². The maximum atomic E-state index is 12.7. The van der Waals surface area contributed by atoms with E-state index in [1.54, 1.807) is 0 Å². The highest BCUT2D eigenvalue weighted by Gasteiger charge is 2.37. The number of benzene rings is 1. The number of ketones is 1. The van der Waals surface area contributed by atoms with Crippen LogP contribution in [0.2, 0.25) is 0 Å². The number of carbonyl (C=O) groups excluding carboxylic acids is 1. The van der Waals surface area contributed by atoms with Gasteiger partial charge in [-0.3, -0.25) is 4.79 Å². The van der Waals surface area contributed by atoms with E-state index in [9.17, 15) is 26.7 Å². The molecular formula is C10H6F5IO2. The first-order valence-electron chi connectivity index (χ1n) is 4.49. The van der Waals surface area contributed by atoms with Gasteiger partial charge in [-0.05, 0) is 41.6 Å². The molecule has 1 aromatic rings. The van der Waals surface area contributed by atoms with Gasteiger partial charge in [-0.1, -0.05) is 0 Å². The Morgan fingerprint density at radius 1 is 1.33 bits per heavy atom. The van der Waals surface area contributed by atoms with Gasteiger partial charge in [0, 0.05) is 3.57 Å². The van der Waals surface area contributed by atoms with Gasteiger partial charge in [0.05, 0.1) is 11.1 Å². The lowest BCUT2D eigenvalue weighted by atomic mass is 10.0. The number of hydrogen-bond acceptors (Lipinski definition) is 2. The predicted molar refractivity (Wildman–Crippen MR) is 60.8 cm³/mol. The molecule has 18 heavy (non-hydrogen) atoms. The second kappa shape index (κ2) is 5.37. The summed E-state index contributed by atoms with van der Waals surface area (Å²) in [6, 6.07) is 1.66. The van der Waals surface area contributed by atoms with Gasteiger partial charge in [-0.2, -0.15) is 22.0 Å². The van der Waals surface area contributed by atoms with E-state index in [-0.39, 0.29) is 3.57 Å². The maximum absolute atomic E-state index is 12.7. The first-order valence-corrected chi connectivity index (χ1v) is 5.57. The molecule has 8 heteroatoms. The van der Waals surface area contributed by atoms with E-state index in [0.29, 0.717) is 6.07 Å². The summed E-state index contributed by atoms with van der Waals surface area (Å²) in [5, 5.41) is 0. The topological polar surface area (TPSA) is 26.3 Å². The van der Waals surface area contributed by atoms with Gasteiger partial charge in [0.2, 0.25) is 0 Å². The quantitative estimate of drug-likeness (QED) is 0.448. The second-order valence-electron chi connectivity index (χ2n) is 3.26. The Kier molecular flexibility index (Phi) is 4.51. The van der Waals surface area contributed by atoms with Crippen molar-refractivity contribution in [3.8, 4) is 5.75 Å². The molecular weight excluding hydrogens is 374 g/mol. The zero-order valence-electron chi connectivity index (χ0n) is 8.82. The molecule has 0 radical (unpaired) electrons. The van der Waals surface area contributed by atoms with Crippen molar-refractivity contribution in [3.05, 3.63) is 26.8 Å². The minimum atomic E-state index is -4.82. The van der Waals surface area contributed by atoms with E-state index < -0.39 is 35.4 Å². The lowest BCUT2D eigenvalue weighted by Crippen LogP contribution is -2.15. The fourth-order valence-electron chi connectivity index (χ4n) is 1.36. The van der Waals surface area contributed by atoms with Crippen LogP contribution in [0.5, 0.6) is 5.75 Å². The van der Waals surface area contributed by atoms with Crippen LogP contribution in [-0.4, -0.2) is 12.4 Å². The van der Waals surface area contributed by atoms with Crippen LogP contribution < -0.4 is 4.74 Å². The average Bonchev–Trinajstić information content (AvgIpc) is 2.13. The summed E-state index contributed by atoms with van der Waals surface area (Å²) in [5.74, 6) is -1.76. The molecule has 0 fully saturated rings. The van der Waals surface area contributed by atoms with Gasteiger partial charge in [-0.25, -0.2) is 0 Å². The molecule has 0 amide bonds. The van der Waals surface area contributed by atoms with Crippen molar-refractivity contribution in [2.75, 3.05) is 0 Å². The highest BCUT2D eigenvalue weighted by Crippen LogP contribution is 2.38. The highest BCUT2D eigenvalue weighted by atomic mass is 127. The van der Waals surface area contributed by atoms with Crippen LogP contribution in [0.15, 0.2) is 12.1 Å². The summed E-state index contributed by atoms with van der Waals surface area (Å²) in [7, 11) is 0. The van der Waals surface area contributed by atoms with Crippen LogP contribution in [0.4, 0.5) is 22.0 Å². The Balaban J connectivity index is 3.51. The SMILES string of the molecule is CC(=O)c1c(OC(F)F)cc(I)cc1C(F)(F)F. The first-order chi connectivity index (χ1) is 8.12. The Hall–Kier alpha value is -0.930. The zero-order chi connectivity index (χ0) is 14.1. The summed E-state index contributed by atoms with van der Waals surface area (Å²) >= 11 is 1.52. The summed E-state index contributed by atoms with van der Waals surface area (Å²) in [6.45, 7) is -2.45. The fraction of sp³-hybridized carbons (Fsp3) is 0.300. The van der Waals surface area contributed by atoms with E-state index in [4.69, 9.17) is 0 Å². The molecule has 2 nitrogen and oxygen atoms in total. The third-order valence-electron chi connectivity index (χ3n) is 1.94. The van der Waals surface area contributed by atoms with Crippen LogP contribution in [-0.2, 0) is 6.18 Å². The molecule has 0 spiro atoms. The zero-order valence-corrected chi connectivity index (χ0v) is 11.0. The normalized spacial score (nSPS) is 11.8. The lowest BCUT2D eigenvalue weighted by Gasteiger charge is -2.16. The molecule has 1 rings (SSSR count). The minimum absolute atomic E-state index is 0.0422. The Morgan fingerprint density at radius 3 is 2.28 bits per heavy atom. The van der Waals surface area contributed by atoms with Crippen molar-refractivity contribution < 1.29 is 31.5 Å². The standard InChI is InChI=1S/C10H6F5IO2/c1-4(17)8-6(10(13,14)15)2-5(16)3-7(8)18-9(11)12/h2-3,9H,1H3. The molecule has 0 saturated carbocycles. The number of carbonyl (C=O) groups is 1. The third kappa shape index (κ3) is 3.53. The van der Waals surface area contributed by atoms with Gasteiger partial charge in [0.1, 0.15) is 5.75 Å². The number of hydrogen-bond donors (Lipinski definition) is 0. The summed E-state index contributed by atoms with van der Waals surface area (Å²) in [5.41, 5.74) is -2.17. The predicted octanol–water partition coefficient (Wildman–Crippen LogP) is 4.11. The fourth-order valence-corrected chi connectivity index (χ4v) is 1.95. The van der Waals surface area contributed by atoms with Crippen molar-refractivity contribution in [2.45, 2.75) is 19.7 Å². The molecule has 0 aromatic heterocycles. The van der Waals surface area contributed by atoms with E-state index >= 15 is 0 Å². The number of halogens is 6. The second-order valence-corrected chi connectivity index (χ2v) is 4.50. The average molecular weight is 380 g/mol. The maximum Gasteiger partial charge on any atom is 0.417 e.